The minimum Gasteiger partial charge on any atom is -0.478 e. The first-order valence-electron chi connectivity index (χ1n) is 6.71. The lowest BCUT2D eigenvalue weighted by Gasteiger charge is -2.08. The highest BCUT2D eigenvalue weighted by Gasteiger charge is 2.09. The summed E-state index contributed by atoms with van der Waals surface area (Å²) in [6, 6.07) is 20.0. The topological polar surface area (TPSA) is 50.2 Å². The van der Waals surface area contributed by atoms with Crippen LogP contribution < -0.4 is 0 Å². The number of rotatable bonds is 3. The van der Waals surface area contributed by atoms with E-state index in [-0.39, 0.29) is 5.56 Å². The van der Waals surface area contributed by atoms with E-state index < -0.39 is 5.97 Å². The first-order chi connectivity index (χ1) is 10.6. The maximum absolute atomic E-state index is 10.9. The number of aromatic carboxylic acids is 1. The largest absolute Gasteiger partial charge is 0.478 e. The smallest absolute Gasteiger partial charge is 0.335 e. The number of benzene rings is 2. The molecule has 3 nitrogen and oxygen atoms in total. The van der Waals surface area contributed by atoms with E-state index in [1.54, 1.807) is 30.3 Å². The number of carboxylic acid groups (broad SMARTS) is 1. The zero-order valence-corrected chi connectivity index (χ0v) is 12.3. The summed E-state index contributed by atoms with van der Waals surface area (Å²) in [5, 5.41) is 9.48. The Hall–Kier alpha value is -2.65. The molecule has 22 heavy (non-hydrogen) atoms. The van der Waals surface area contributed by atoms with E-state index in [1.807, 2.05) is 36.4 Å². The van der Waals surface area contributed by atoms with Crippen molar-refractivity contribution in [1.29, 1.82) is 0 Å². The molecule has 0 fully saturated rings. The molecule has 0 spiro atoms. The predicted octanol–water partition coefficient (Wildman–Crippen LogP) is 4.77. The molecule has 0 aliphatic heterocycles. The standard InChI is InChI=1S/C18H12ClNO2/c19-15-10-11-16(12-4-2-1-3-5-12)20-17(15)13-6-8-14(9-7-13)18(21)22/h1-11H,(H,21,22). The second kappa shape index (κ2) is 6.00. The molecule has 0 aliphatic carbocycles. The molecule has 0 radical (unpaired) electrons. The van der Waals surface area contributed by atoms with Gasteiger partial charge in [0.1, 0.15) is 0 Å². The van der Waals surface area contributed by atoms with Crippen molar-refractivity contribution in [3.8, 4) is 22.5 Å². The highest BCUT2D eigenvalue weighted by Crippen LogP contribution is 2.29. The summed E-state index contributed by atoms with van der Waals surface area (Å²) in [4.78, 5) is 15.5. The minimum absolute atomic E-state index is 0.235. The Labute approximate surface area is 132 Å². The molecule has 1 N–H and O–H groups in total. The van der Waals surface area contributed by atoms with Crippen LogP contribution in [0.3, 0.4) is 0 Å². The Bertz CT molecular complexity index is 814. The molecule has 2 aromatic carbocycles. The third kappa shape index (κ3) is 2.85. The van der Waals surface area contributed by atoms with Crippen LogP contribution in [-0.2, 0) is 0 Å². The second-order valence-corrected chi connectivity index (χ2v) is 5.18. The normalized spacial score (nSPS) is 10.4. The van der Waals surface area contributed by atoms with Crippen LogP contribution >= 0.6 is 11.6 Å². The van der Waals surface area contributed by atoms with Gasteiger partial charge in [0.15, 0.2) is 0 Å². The minimum atomic E-state index is -0.955. The van der Waals surface area contributed by atoms with Gasteiger partial charge in [0, 0.05) is 11.1 Å². The number of carboxylic acids is 1. The quantitative estimate of drug-likeness (QED) is 0.758. The van der Waals surface area contributed by atoms with Crippen molar-refractivity contribution in [3.63, 3.8) is 0 Å². The van der Waals surface area contributed by atoms with Gasteiger partial charge in [-0.05, 0) is 24.3 Å². The molecular formula is C18H12ClNO2. The van der Waals surface area contributed by atoms with E-state index >= 15 is 0 Å². The summed E-state index contributed by atoms with van der Waals surface area (Å²) < 4.78 is 0. The molecule has 1 aromatic heterocycles. The van der Waals surface area contributed by atoms with Gasteiger partial charge < -0.3 is 5.11 Å². The summed E-state index contributed by atoms with van der Waals surface area (Å²) >= 11 is 6.24. The van der Waals surface area contributed by atoms with Gasteiger partial charge in [0.25, 0.3) is 0 Å². The lowest BCUT2D eigenvalue weighted by molar-refractivity contribution is 0.0697. The highest BCUT2D eigenvalue weighted by molar-refractivity contribution is 6.33. The zero-order chi connectivity index (χ0) is 15.5. The van der Waals surface area contributed by atoms with Gasteiger partial charge in [-0.25, -0.2) is 9.78 Å². The molecule has 3 rings (SSSR count). The fraction of sp³-hybridized carbons (Fsp3) is 0. The molecule has 0 saturated carbocycles. The SMILES string of the molecule is O=C(O)c1ccc(-c2nc(-c3ccccc3)ccc2Cl)cc1. The summed E-state index contributed by atoms with van der Waals surface area (Å²) in [6.45, 7) is 0. The molecule has 108 valence electrons. The maximum Gasteiger partial charge on any atom is 0.335 e. The van der Waals surface area contributed by atoms with E-state index in [2.05, 4.69) is 4.98 Å². The average molecular weight is 310 g/mol. The van der Waals surface area contributed by atoms with Crippen LogP contribution in [0.4, 0.5) is 0 Å². The van der Waals surface area contributed by atoms with E-state index in [9.17, 15) is 4.79 Å². The highest BCUT2D eigenvalue weighted by atomic mass is 35.5. The summed E-state index contributed by atoms with van der Waals surface area (Å²) in [5.74, 6) is -0.955. The molecule has 0 aliphatic rings. The summed E-state index contributed by atoms with van der Waals surface area (Å²) in [5.41, 5.74) is 3.48. The van der Waals surface area contributed by atoms with Crippen molar-refractivity contribution in [2.24, 2.45) is 0 Å². The average Bonchev–Trinajstić information content (AvgIpc) is 2.56. The number of hydrogen-bond donors (Lipinski definition) is 1. The maximum atomic E-state index is 10.9. The van der Waals surface area contributed by atoms with E-state index in [0.717, 1.165) is 16.8 Å². The van der Waals surface area contributed by atoms with Gasteiger partial charge in [-0.15, -0.1) is 0 Å². The van der Waals surface area contributed by atoms with Crippen molar-refractivity contribution in [2.75, 3.05) is 0 Å². The lowest BCUT2D eigenvalue weighted by Crippen LogP contribution is -1.96. The Kier molecular flexibility index (Phi) is 3.90. The predicted molar refractivity (Wildman–Crippen MR) is 87.1 cm³/mol. The van der Waals surface area contributed by atoms with Crippen LogP contribution in [-0.4, -0.2) is 16.1 Å². The number of nitrogens with zero attached hydrogens (tertiary/aromatic N) is 1. The number of pyridine rings is 1. The van der Waals surface area contributed by atoms with Gasteiger partial charge in [0.05, 0.1) is 22.0 Å². The first-order valence-corrected chi connectivity index (χ1v) is 7.08. The van der Waals surface area contributed by atoms with Crippen molar-refractivity contribution >= 4 is 17.6 Å². The van der Waals surface area contributed by atoms with Gasteiger partial charge >= 0.3 is 5.97 Å². The number of halogens is 1. The van der Waals surface area contributed by atoms with Crippen molar-refractivity contribution in [1.82, 2.24) is 4.98 Å². The molecule has 0 saturated heterocycles. The third-order valence-electron chi connectivity index (χ3n) is 3.32. The molecule has 0 atom stereocenters. The molecular weight excluding hydrogens is 298 g/mol. The van der Waals surface area contributed by atoms with Crippen LogP contribution in [0.25, 0.3) is 22.5 Å². The first kappa shape index (κ1) is 14.3. The second-order valence-electron chi connectivity index (χ2n) is 4.78. The number of carbonyl (C=O) groups is 1. The fourth-order valence-electron chi connectivity index (χ4n) is 2.18. The zero-order valence-electron chi connectivity index (χ0n) is 11.5. The Balaban J connectivity index is 2.05. The van der Waals surface area contributed by atoms with E-state index in [0.29, 0.717) is 10.7 Å². The monoisotopic (exact) mass is 309 g/mol. The Morgan fingerprint density at radius 1 is 0.864 bits per heavy atom. The van der Waals surface area contributed by atoms with Crippen LogP contribution in [0.1, 0.15) is 10.4 Å². The third-order valence-corrected chi connectivity index (χ3v) is 3.63. The number of aromatic nitrogens is 1. The van der Waals surface area contributed by atoms with Crippen LogP contribution in [0, 0.1) is 0 Å². The van der Waals surface area contributed by atoms with Gasteiger partial charge in [-0.2, -0.15) is 0 Å². The Morgan fingerprint density at radius 3 is 2.18 bits per heavy atom. The molecule has 3 aromatic rings. The van der Waals surface area contributed by atoms with Gasteiger partial charge in [-0.3, -0.25) is 0 Å². The van der Waals surface area contributed by atoms with E-state index in [1.165, 1.54) is 0 Å². The van der Waals surface area contributed by atoms with Crippen molar-refractivity contribution in [3.05, 3.63) is 77.3 Å². The number of hydrogen-bond acceptors (Lipinski definition) is 2. The van der Waals surface area contributed by atoms with Gasteiger partial charge in [0.2, 0.25) is 0 Å². The molecule has 0 bridgehead atoms. The van der Waals surface area contributed by atoms with Crippen molar-refractivity contribution < 1.29 is 9.90 Å². The van der Waals surface area contributed by atoms with E-state index in [4.69, 9.17) is 16.7 Å². The summed E-state index contributed by atoms with van der Waals surface area (Å²) in [7, 11) is 0. The van der Waals surface area contributed by atoms with Crippen molar-refractivity contribution in [2.45, 2.75) is 0 Å². The molecule has 0 unspecified atom stereocenters. The molecule has 1 heterocycles. The van der Waals surface area contributed by atoms with Crippen LogP contribution in [0.5, 0.6) is 0 Å². The van der Waals surface area contributed by atoms with Crippen LogP contribution in [0.2, 0.25) is 5.02 Å². The molecule has 0 amide bonds. The molecule has 4 heteroatoms. The fourth-order valence-corrected chi connectivity index (χ4v) is 2.40. The summed E-state index contributed by atoms with van der Waals surface area (Å²) in [6.07, 6.45) is 0. The van der Waals surface area contributed by atoms with Crippen LogP contribution in [0.15, 0.2) is 66.7 Å². The lowest BCUT2D eigenvalue weighted by atomic mass is 10.1. The van der Waals surface area contributed by atoms with Gasteiger partial charge in [-0.1, -0.05) is 54.1 Å². The Morgan fingerprint density at radius 2 is 1.55 bits per heavy atom.